The summed E-state index contributed by atoms with van der Waals surface area (Å²) in [5.41, 5.74) is 22.3. The second-order valence-corrected chi connectivity index (χ2v) is 20.2. The number of nitrogens with zero attached hydrogens (tertiary/aromatic N) is 3. The van der Waals surface area contributed by atoms with E-state index in [9.17, 15) is 0 Å². The van der Waals surface area contributed by atoms with Gasteiger partial charge >= 0.3 is 0 Å². The molecule has 332 valence electrons. The largest absolute Gasteiger partial charge is 0.458 e. The molecule has 4 heterocycles. The molecule has 3 aliphatic rings. The molecule has 0 N–H and O–H groups in total. The fourth-order valence-corrected chi connectivity index (χ4v) is 12.1. The third kappa shape index (κ3) is 6.31. The maximum Gasteiger partial charge on any atom is 0.252 e. The van der Waals surface area contributed by atoms with Crippen molar-refractivity contribution in [1.82, 2.24) is 4.57 Å². The van der Waals surface area contributed by atoms with Crippen molar-refractivity contribution in [2.45, 2.75) is 59.3 Å². The summed E-state index contributed by atoms with van der Waals surface area (Å²) in [5, 5.41) is 2.48. The van der Waals surface area contributed by atoms with Crippen LogP contribution in [0.25, 0.3) is 27.5 Å². The van der Waals surface area contributed by atoms with E-state index in [4.69, 9.17) is 4.74 Å². The molecule has 0 bridgehead atoms. The van der Waals surface area contributed by atoms with Crippen molar-refractivity contribution in [1.29, 1.82) is 0 Å². The molecule has 0 amide bonds. The predicted molar refractivity (Wildman–Crippen MR) is 295 cm³/mol. The van der Waals surface area contributed by atoms with Crippen molar-refractivity contribution in [3.05, 3.63) is 211 Å². The lowest BCUT2D eigenvalue weighted by molar-refractivity contribution is 0.487. The zero-order valence-electron chi connectivity index (χ0n) is 40.1. The van der Waals surface area contributed by atoms with E-state index in [1.807, 2.05) is 0 Å². The third-order valence-electron chi connectivity index (χ3n) is 15.2. The van der Waals surface area contributed by atoms with Gasteiger partial charge in [-0.3, -0.25) is 0 Å². The average Bonchev–Trinajstić information content (AvgIpc) is 3.71. The lowest BCUT2D eigenvalue weighted by atomic mass is 9.30. The Morgan fingerprint density at radius 2 is 0.870 bits per heavy atom. The summed E-state index contributed by atoms with van der Waals surface area (Å²) in [6, 6.07) is 72.4. The van der Waals surface area contributed by atoms with Gasteiger partial charge < -0.3 is 19.1 Å². The molecule has 0 unspecified atom stereocenters. The van der Waals surface area contributed by atoms with Gasteiger partial charge in [-0.1, -0.05) is 174 Å². The van der Waals surface area contributed by atoms with E-state index < -0.39 is 0 Å². The Labute approximate surface area is 406 Å². The first kappa shape index (κ1) is 41.5. The van der Waals surface area contributed by atoms with Gasteiger partial charge in [-0.2, -0.15) is 0 Å². The first-order valence-electron chi connectivity index (χ1n) is 24.8. The normalized spacial score (nSPS) is 13.5. The van der Waals surface area contributed by atoms with E-state index in [0.29, 0.717) is 17.8 Å². The first-order valence-corrected chi connectivity index (χ1v) is 24.8. The highest BCUT2D eigenvalue weighted by Gasteiger charge is 2.46. The summed E-state index contributed by atoms with van der Waals surface area (Å²) in [4.78, 5) is 5.03. The Bertz CT molecular complexity index is 3590. The van der Waals surface area contributed by atoms with Crippen LogP contribution in [0.3, 0.4) is 0 Å². The number of benzene rings is 9. The van der Waals surface area contributed by atoms with E-state index in [1.165, 1.54) is 82.6 Å². The summed E-state index contributed by atoms with van der Waals surface area (Å²) in [7, 11) is 0. The fraction of sp³-hybridized carbons (Fsp3) is 0.143. The molecule has 0 atom stereocenters. The Morgan fingerprint density at radius 3 is 1.46 bits per heavy atom. The van der Waals surface area contributed by atoms with Crippen LogP contribution < -0.4 is 47.3 Å². The maximum absolute atomic E-state index is 7.22. The highest BCUT2D eigenvalue weighted by atomic mass is 16.5. The molecule has 0 radical (unpaired) electrons. The number of hydrogen-bond donors (Lipinski definition) is 0. The number of ether oxygens (including phenoxy) is 1. The van der Waals surface area contributed by atoms with Crippen LogP contribution in [-0.4, -0.2) is 18.0 Å². The molecule has 0 aliphatic carbocycles. The zero-order valence-corrected chi connectivity index (χ0v) is 40.1. The topological polar surface area (TPSA) is 20.6 Å². The van der Waals surface area contributed by atoms with Gasteiger partial charge in [0.15, 0.2) is 0 Å². The Kier molecular flexibility index (Phi) is 9.59. The van der Waals surface area contributed by atoms with Crippen LogP contribution in [0, 0.1) is 0 Å². The third-order valence-corrected chi connectivity index (χ3v) is 15.2. The summed E-state index contributed by atoms with van der Waals surface area (Å²) in [6.45, 7) is 14.0. The summed E-state index contributed by atoms with van der Waals surface area (Å²) in [5.74, 6) is 2.91. The predicted octanol–water partition coefficient (Wildman–Crippen LogP) is 12.9. The highest BCUT2D eigenvalue weighted by molar-refractivity contribution is 7.02. The number of anilines is 6. The minimum absolute atomic E-state index is 0.0327. The van der Waals surface area contributed by atoms with Crippen LogP contribution in [0.5, 0.6) is 11.5 Å². The van der Waals surface area contributed by atoms with Gasteiger partial charge in [0.1, 0.15) is 11.5 Å². The maximum atomic E-state index is 7.22. The van der Waals surface area contributed by atoms with Crippen molar-refractivity contribution >= 4 is 102 Å². The summed E-state index contributed by atoms with van der Waals surface area (Å²) < 4.78 is 9.69. The Morgan fingerprint density at radius 1 is 0.362 bits per heavy atom. The second-order valence-electron chi connectivity index (χ2n) is 20.2. The number of para-hydroxylation sites is 6. The van der Waals surface area contributed by atoms with Crippen molar-refractivity contribution in [2.75, 3.05) is 9.80 Å². The second kappa shape index (κ2) is 16.0. The molecular formula is C63H53B2N3O. The van der Waals surface area contributed by atoms with Crippen LogP contribution in [0.1, 0.15) is 76.0 Å². The van der Waals surface area contributed by atoms with Gasteiger partial charge in [-0.15, -0.1) is 0 Å². The molecule has 6 heteroatoms. The standard InChI is InChI=1S/C63H53B2N3O/c1-39(2)42-33-48(40(3)4)62(49(34-42)41(5)6)65-51-28-16-20-32-60(51)69-61-38-57-52(37-53(61)65)64-50-27-15-19-31-56(50)66(43-21-9-7-10-22-43)58-35-45(36-59(63(58)64)67(57)44-23-11-8-12-24-44)68-54-29-17-13-25-46(54)47-26-14-18-30-55(47)68/h7-41H,1-6H3. The number of hydrogen-bond acceptors (Lipinski definition) is 3. The van der Waals surface area contributed by atoms with Gasteiger partial charge in [0, 0.05) is 51.0 Å². The van der Waals surface area contributed by atoms with Gasteiger partial charge in [0.25, 0.3) is 13.4 Å². The van der Waals surface area contributed by atoms with Crippen LogP contribution >= 0.6 is 0 Å². The van der Waals surface area contributed by atoms with Crippen LogP contribution in [-0.2, 0) is 0 Å². The van der Waals surface area contributed by atoms with Gasteiger partial charge in [-0.25, -0.2) is 0 Å². The molecule has 0 saturated carbocycles. The molecule has 3 aliphatic heterocycles. The van der Waals surface area contributed by atoms with E-state index in [-0.39, 0.29) is 13.4 Å². The first-order chi connectivity index (χ1) is 33.7. The quantitative estimate of drug-likeness (QED) is 0.149. The van der Waals surface area contributed by atoms with Crippen molar-refractivity contribution in [2.24, 2.45) is 0 Å². The number of aromatic nitrogens is 1. The molecule has 10 aromatic rings. The molecule has 0 spiro atoms. The molecular weight excluding hydrogens is 836 g/mol. The minimum Gasteiger partial charge on any atom is -0.458 e. The van der Waals surface area contributed by atoms with Gasteiger partial charge in [-0.05, 0) is 122 Å². The molecule has 0 saturated heterocycles. The van der Waals surface area contributed by atoms with Gasteiger partial charge in [0.2, 0.25) is 0 Å². The minimum atomic E-state index is -0.0751. The van der Waals surface area contributed by atoms with Crippen LogP contribution in [0.2, 0.25) is 0 Å². The lowest BCUT2D eigenvalue weighted by Crippen LogP contribution is -2.64. The molecule has 9 aromatic carbocycles. The Hall–Kier alpha value is -7.69. The van der Waals surface area contributed by atoms with Crippen molar-refractivity contribution in [3.63, 3.8) is 0 Å². The van der Waals surface area contributed by atoms with E-state index in [0.717, 1.165) is 39.9 Å². The number of rotatable bonds is 7. The van der Waals surface area contributed by atoms with E-state index in [1.54, 1.807) is 0 Å². The molecule has 13 rings (SSSR count). The molecule has 69 heavy (non-hydrogen) atoms. The van der Waals surface area contributed by atoms with Crippen LogP contribution in [0.15, 0.2) is 194 Å². The fourth-order valence-electron chi connectivity index (χ4n) is 12.1. The average molecular weight is 890 g/mol. The lowest BCUT2D eigenvalue weighted by Gasteiger charge is -2.45. The zero-order chi connectivity index (χ0) is 46.7. The van der Waals surface area contributed by atoms with Crippen LogP contribution in [0.4, 0.5) is 34.1 Å². The number of fused-ring (bicyclic) bond motifs is 9. The Balaban J connectivity index is 1.15. The molecule has 0 fully saturated rings. The summed E-state index contributed by atoms with van der Waals surface area (Å²) >= 11 is 0. The van der Waals surface area contributed by atoms with Crippen molar-refractivity contribution < 1.29 is 4.74 Å². The van der Waals surface area contributed by atoms with Crippen molar-refractivity contribution in [3.8, 4) is 17.2 Å². The smallest absolute Gasteiger partial charge is 0.252 e. The highest BCUT2D eigenvalue weighted by Crippen LogP contribution is 2.47. The van der Waals surface area contributed by atoms with Gasteiger partial charge in [0.05, 0.1) is 16.7 Å². The molecule has 4 nitrogen and oxygen atoms in total. The summed E-state index contributed by atoms with van der Waals surface area (Å²) in [6.07, 6.45) is 0. The molecule has 1 aromatic heterocycles. The van der Waals surface area contributed by atoms with E-state index >= 15 is 0 Å². The van der Waals surface area contributed by atoms with E-state index in [2.05, 4.69) is 250 Å². The SMILES string of the molecule is CC(C)c1cc(C(C)C)c(B2c3ccccc3Oc3cc4c(cc32)B2c3ccccc3N(c3ccccc3)c3cc(-n5c6ccccc6c6ccccc65)cc(c32)N4c2ccccc2)c(C(C)C)c1. The monoisotopic (exact) mass is 889 g/mol.